The molecule has 5 nitrogen and oxygen atoms in total. The highest BCUT2D eigenvalue weighted by molar-refractivity contribution is 5.92. The summed E-state index contributed by atoms with van der Waals surface area (Å²) in [6.45, 7) is 8.00. The fourth-order valence-corrected chi connectivity index (χ4v) is 4.98. The van der Waals surface area contributed by atoms with Crippen LogP contribution in [-0.4, -0.2) is 40.4 Å². The summed E-state index contributed by atoms with van der Waals surface area (Å²) in [6, 6.07) is 35.3. The van der Waals surface area contributed by atoms with Gasteiger partial charge in [-0.25, -0.2) is 4.42 Å². The molecule has 5 aromatic rings. The van der Waals surface area contributed by atoms with E-state index in [9.17, 15) is 0 Å². The monoisotopic (exact) mass is 629 g/mol. The number of aliphatic hydroxyl groups excluding tert-OH is 1. The van der Waals surface area contributed by atoms with E-state index >= 15 is 0 Å². The highest BCUT2D eigenvalue weighted by atomic mass is 16.5. The van der Waals surface area contributed by atoms with Crippen molar-refractivity contribution in [2.75, 3.05) is 45.1 Å². The maximum atomic E-state index is 7.00. The Morgan fingerprint density at radius 1 is 0.660 bits per heavy atom. The van der Waals surface area contributed by atoms with E-state index in [0.717, 1.165) is 74.5 Å². The third-order valence-corrected chi connectivity index (χ3v) is 7.27. The number of fused-ring (bicyclic) bond motifs is 2. The third kappa shape index (κ3) is 8.99. The van der Waals surface area contributed by atoms with Crippen molar-refractivity contribution in [3.8, 4) is 17.1 Å². The summed E-state index contributed by atoms with van der Waals surface area (Å²) in [6.07, 6.45) is 8.55. The van der Waals surface area contributed by atoms with E-state index in [0.29, 0.717) is 0 Å². The summed E-state index contributed by atoms with van der Waals surface area (Å²) < 4.78 is 12.8. The second-order valence-corrected chi connectivity index (χ2v) is 10.5. The molecule has 5 heteroatoms. The first-order chi connectivity index (χ1) is 23.0. The number of aliphatic hydroxyl groups is 1. The quantitative estimate of drug-likeness (QED) is 0.189. The van der Waals surface area contributed by atoms with E-state index in [2.05, 4.69) is 101 Å². The van der Waals surface area contributed by atoms with Crippen LogP contribution in [0.3, 0.4) is 0 Å². The molecule has 0 spiro atoms. The lowest BCUT2D eigenvalue weighted by atomic mass is 9.98. The zero-order valence-corrected chi connectivity index (χ0v) is 29.3. The molecule has 0 amide bonds. The van der Waals surface area contributed by atoms with Crippen molar-refractivity contribution < 1.29 is 14.3 Å². The molecule has 0 unspecified atom stereocenters. The van der Waals surface area contributed by atoms with Crippen LogP contribution < -0.4 is 14.5 Å². The smallest absolute Gasteiger partial charge is 0.363 e. The lowest BCUT2D eigenvalue weighted by Gasteiger charge is -2.23. The number of hydrogen-bond acceptors (Lipinski definition) is 4. The normalized spacial score (nSPS) is 12.3. The molecule has 6 rings (SSSR count). The number of hydrogen-bond donors (Lipinski definition) is 1. The highest BCUT2D eigenvalue weighted by Gasteiger charge is 2.20. The van der Waals surface area contributed by atoms with Crippen LogP contribution in [0.5, 0.6) is 5.75 Å². The Kier molecular flexibility index (Phi) is 14.0. The molecule has 244 valence electrons. The summed E-state index contributed by atoms with van der Waals surface area (Å²) >= 11 is 0. The predicted molar refractivity (Wildman–Crippen MR) is 204 cm³/mol. The van der Waals surface area contributed by atoms with Crippen LogP contribution in [0.1, 0.15) is 44.4 Å². The summed E-state index contributed by atoms with van der Waals surface area (Å²) in [5.74, 6) is 2.52. The molecule has 0 saturated heterocycles. The van der Waals surface area contributed by atoms with E-state index in [1.807, 2.05) is 92.3 Å². The van der Waals surface area contributed by atoms with Crippen LogP contribution in [-0.2, 0) is 0 Å². The van der Waals surface area contributed by atoms with E-state index in [4.69, 9.17) is 14.3 Å². The SMILES string of the molecule is CC.CC.CN(C)c1ccc2c(c1)OC(c1ccccc1)=C/C2=C\C=C\c1cc(-c2ccccc2)[o+]c2cc(N(C)C)ccc12.CO. The Labute approximate surface area is 281 Å². The predicted octanol–water partition coefficient (Wildman–Crippen LogP) is 10.7. The highest BCUT2D eigenvalue weighted by Crippen LogP contribution is 2.39. The molecule has 47 heavy (non-hydrogen) atoms. The molecule has 0 radical (unpaired) electrons. The minimum Gasteiger partial charge on any atom is -0.456 e. The average molecular weight is 630 g/mol. The molecule has 0 atom stereocenters. The fraction of sp³-hybridized carbons (Fsp3) is 0.214. The van der Waals surface area contributed by atoms with Crippen LogP contribution >= 0.6 is 0 Å². The van der Waals surface area contributed by atoms with Gasteiger partial charge in [0.25, 0.3) is 0 Å². The summed E-state index contributed by atoms with van der Waals surface area (Å²) in [7, 11) is 9.17. The van der Waals surface area contributed by atoms with Crippen molar-refractivity contribution in [3.05, 3.63) is 138 Å². The second kappa shape index (κ2) is 18.1. The van der Waals surface area contributed by atoms with Gasteiger partial charge in [-0.3, -0.25) is 0 Å². The van der Waals surface area contributed by atoms with Gasteiger partial charge in [-0.05, 0) is 48.0 Å². The van der Waals surface area contributed by atoms with Gasteiger partial charge in [0.2, 0.25) is 0 Å². The molecule has 1 aliphatic heterocycles. The van der Waals surface area contributed by atoms with Crippen molar-refractivity contribution in [2.45, 2.75) is 27.7 Å². The van der Waals surface area contributed by atoms with E-state index < -0.39 is 0 Å². The summed E-state index contributed by atoms with van der Waals surface area (Å²) in [5.41, 5.74) is 8.38. The van der Waals surface area contributed by atoms with Gasteiger partial charge in [0.1, 0.15) is 11.5 Å². The molecule has 0 saturated carbocycles. The van der Waals surface area contributed by atoms with Crippen LogP contribution in [0.15, 0.2) is 126 Å². The number of allylic oxidation sites excluding steroid dienone is 4. The minimum atomic E-state index is 0.834. The van der Waals surface area contributed by atoms with Crippen molar-refractivity contribution in [2.24, 2.45) is 0 Å². The number of anilines is 2. The molecule has 1 aliphatic rings. The number of nitrogens with zero attached hydrogens (tertiary/aromatic N) is 2. The first-order valence-corrected chi connectivity index (χ1v) is 16.2. The van der Waals surface area contributed by atoms with Gasteiger partial charge in [0, 0.05) is 69.4 Å². The van der Waals surface area contributed by atoms with Crippen molar-refractivity contribution in [3.63, 3.8) is 0 Å². The van der Waals surface area contributed by atoms with Gasteiger partial charge in [0.05, 0.1) is 23.1 Å². The Morgan fingerprint density at radius 2 is 1.23 bits per heavy atom. The van der Waals surface area contributed by atoms with E-state index in [1.165, 1.54) is 0 Å². The van der Waals surface area contributed by atoms with Gasteiger partial charge in [-0.1, -0.05) is 94.5 Å². The van der Waals surface area contributed by atoms with Crippen LogP contribution in [0.2, 0.25) is 0 Å². The van der Waals surface area contributed by atoms with Gasteiger partial charge in [-0.15, -0.1) is 0 Å². The van der Waals surface area contributed by atoms with Gasteiger partial charge in [0.15, 0.2) is 0 Å². The van der Waals surface area contributed by atoms with Crippen molar-refractivity contribution in [1.82, 2.24) is 0 Å². The molecular weight excluding hydrogens is 580 g/mol. The number of benzene rings is 4. The van der Waals surface area contributed by atoms with Crippen LogP contribution in [0.4, 0.5) is 11.4 Å². The second-order valence-electron chi connectivity index (χ2n) is 10.5. The first kappa shape index (κ1) is 36.3. The Morgan fingerprint density at radius 3 is 1.85 bits per heavy atom. The fourth-order valence-electron chi connectivity index (χ4n) is 4.98. The third-order valence-electron chi connectivity index (χ3n) is 7.27. The molecule has 1 aromatic heterocycles. The Hall–Kier alpha value is -5.13. The molecule has 0 bridgehead atoms. The zero-order chi connectivity index (χ0) is 34.3. The van der Waals surface area contributed by atoms with Crippen LogP contribution in [0, 0.1) is 0 Å². The maximum absolute atomic E-state index is 7.00. The zero-order valence-electron chi connectivity index (χ0n) is 29.3. The lowest BCUT2D eigenvalue weighted by Crippen LogP contribution is -2.10. The number of ether oxygens (including phenoxy) is 1. The molecular formula is C42H49N2O3+. The summed E-state index contributed by atoms with van der Waals surface area (Å²) in [5, 5.41) is 8.06. The standard InChI is InChI=1S/C37H33N2O2.2C2H6.CH4O/c1-38(2)30-18-20-32-28(22-34(40-36(32)24-30)26-12-7-5-8-13-26)16-11-17-29-23-35(27-14-9-6-10-15-27)41-37-25-31(39(3)4)19-21-33(29)37;3*1-2/h5-25H,1-4H3;2*1-2H3;2H,1H3/q+1;;;. The molecule has 2 heterocycles. The van der Waals surface area contributed by atoms with E-state index in [-0.39, 0.29) is 0 Å². The minimum absolute atomic E-state index is 0.834. The molecule has 1 N–H and O–H groups in total. The average Bonchev–Trinajstić information content (AvgIpc) is 3.14. The Balaban J connectivity index is 0.000000947. The summed E-state index contributed by atoms with van der Waals surface area (Å²) in [4.78, 5) is 4.18. The topological polar surface area (TPSA) is 47.2 Å². The maximum Gasteiger partial charge on any atom is 0.363 e. The first-order valence-electron chi connectivity index (χ1n) is 16.2. The Bertz CT molecular complexity index is 1810. The van der Waals surface area contributed by atoms with E-state index in [1.54, 1.807) is 0 Å². The van der Waals surface area contributed by atoms with Gasteiger partial charge < -0.3 is 19.6 Å². The lowest BCUT2D eigenvalue weighted by molar-refractivity contribution is 0.399. The van der Waals surface area contributed by atoms with Crippen molar-refractivity contribution >= 4 is 39.8 Å². The van der Waals surface area contributed by atoms with Crippen molar-refractivity contribution in [1.29, 1.82) is 0 Å². The molecule has 0 fully saturated rings. The number of rotatable bonds is 6. The largest absolute Gasteiger partial charge is 0.456 e. The molecule has 0 aliphatic carbocycles. The van der Waals surface area contributed by atoms with Gasteiger partial charge in [-0.2, -0.15) is 0 Å². The van der Waals surface area contributed by atoms with Gasteiger partial charge >= 0.3 is 11.3 Å². The van der Waals surface area contributed by atoms with Crippen LogP contribution in [0.25, 0.3) is 39.7 Å². The molecule has 4 aromatic carbocycles.